The Hall–Kier alpha value is -1.02. The summed E-state index contributed by atoms with van der Waals surface area (Å²) in [5, 5.41) is 3.55. The van der Waals surface area contributed by atoms with Crippen LogP contribution in [-0.2, 0) is 6.54 Å². The third-order valence-corrected chi connectivity index (χ3v) is 3.59. The van der Waals surface area contributed by atoms with Crippen LogP contribution in [0, 0.1) is 11.8 Å². The van der Waals surface area contributed by atoms with E-state index >= 15 is 0 Å². The lowest BCUT2D eigenvalue weighted by molar-refractivity contribution is 0.317. The molecule has 0 aliphatic heterocycles. The molecule has 0 bridgehead atoms. The van der Waals surface area contributed by atoms with E-state index in [2.05, 4.69) is 37.4 Å². The van der Waals surface area contributed by atoms with Gasteiger partial charge in [0.2, 0.25) is 0 Å². The highest BCUT2D eigenvalue weighted by molar-refractivity contribution is 5.28. The van der Waals surface area contributed by atoms with Gasteiger partial charge in [-0.25, -0.2) is 0 Å². The molecule has 18 heavy (non-hydrogen) atoms. The predicted molar refractivity (Wildman–Crippen MR) is 75.8 cm³/mol. The number of ether oxygens (including phenoxy) is 1. The highest BCUT2D eigenvalue weighted by Gasteiger charge is 2.27. The van der Waals surface area contributed by atoms with Crippen molar-refractivity contribution in [2.24, 2.45) is 11.8 Å². The van der Waals surface area contributed by atoms with E-state index in [4.69, 9.17) is 4.74 Å². The second kappa shape index (κ2) is 6.79. The Labute approximate surface area is 111 Å². The molecule has 0 aromatic heterocycles. The van der Waals surface area contributed by atoms with Gasteiger partial charge in [0.15, 0.2) is 0 Å². The average molecular weight is 247 g/mol. The van der Waals surface area contributed by atoms with Crippen LogP contribution in [0.25, 0.3) is 0 Å². The summed E-state index contributed by atoms with van der Waals surface area (Å²) in [6.07, 6.45) is 3.92. The van der Waals surface area contributed by atoms with Crippen molar-refractivity contribution < 1.29 is 4.74 Å². The van der Waals surface area contributed by atoms with Gasteiger partial charge in [-0.3, -0.25) is 0 Å². The second-order valence-electron chi connectivity index (χ2n) is 5.44. The van der Waals surface area contributed by atoms with Crippen molar-refractivity contribution in [1.82, 2.24) is 5.32 Å². The van der Waals surface area contributed by atoms with Crippen LogP contribution < -0.4 is 10.1 Å². The van der Waals surface area contributed by atoms with Gasteiger partial charge in [-0.1, -0.05) is 26.0 Å². The number of benzene rings is 1. The molecule has 100 valence electrons. The first-order valence-electron chi connectivity index (χ1n) is 7.22. The first kappa shape index (κ1) is 13.4. The van der Waals surface area contributed by atoms with Crippen molar-refractivity contribution in [3.05, 3.63) is 29.8 Å². The van der Waals surface area contributed by atoms with Crippen LogP contribution in [0.4, 0.5) is 0 Å². The van der Waals surface area contributed by atoms with E-state index in [0.29, 0.717) is 0 Å². The number of hydrogen-bond acceptors (Lipinski definition) is 2. The predicted octanol–water partition coefficient (Wildman–Crippen LogP) is 3.61. The summed E-state index contributed by atoms with van der Waals surface area (Å²) in [6, 6.07) is 8.41. The van der Waals surface area contributed by atoms with Crippen molar-refractivity contribution in [3.63, 3.8) is 0 Å². The molecule has 0 saturated heterocycles. The number of rotatable bonds is 8. The zero-order valence-corrected chi connectivity index (χ0v) is 11.6. The third kappa shape index (κ3) is 4.34. The number of hydrogen-bond donors (Lipinski definition) is 1. The van der Waals surface area contributed by atoms with Crippen LogP contribution >= 0.6 is 0 Å². The van der Waals surface area contributed by atoms with Crippen molar-refractivity contribution in [2.75, 3.05) is 13.2 Å². The quantitative estimate of drug-likeness (QED) is 0.757. The van der Waals surface area contributed by atoms with Crippen molar-refractivity contribution in [3.8, 4) is 5.75 Å². The summed E-state index contributed by atoms with van der Waals surface area (Å²) in [7, 11) is 0. The normalized spacial score (nSPS) is 16.6. The fourth-order valence-corrected chi connectivity index (χ4v) is 2.24. The largest absolute Gasteiger partial charge is 0.494 e. The molecule has 2 nitrogen and oxygen atoms in total. The second-order valence-corrected chi connectivity index (χ2v) is 5.44. The van der Waals surface area contributed by atoms with E-state index in [-0.39, 0.29) is 0 Å². The minimum absolute atomic E-state index is 0.801. The lowest BCUT2D eigenvalue weighted by atomic mass is 10.1. The SMILES string of the molecule is CCCOc1cccc(CNCC(C)C2CC2)c1. The Bertz CT molecular complexity index is 360. The molecule has 1 aliphatic rings. The van der Waals surface area contributed by atoms with Gasteiger partial charge in [0.05, 0.1) is 6.61 Å². The summed E-state index contributed by atoms with van der Waals surface area (Å²) in [5.74, 6) is 2.80. The van der Waals surface area contributed by atoms with E-state index in [0.717, 1.165) is 43.7 Å². The van der Waals surface area contributed by atoms with E-state index in [9.17, 15) is 0 Å². The average Bonchev–Trinajstić information content (AvgIpc) is 3.21. The lowest BCUT2D eigenvalue weighted by Crippen LogP contribution is -2.21. The molecule has 2 rings (SSSR count). The zero-order chi connectivity index (χ0) is 12.8. The fraction of sp³-hybridized carbons (Fsp3) is 0.625. The fourth-order valence-electron chi connectivity index (χ4n) is 2.24. The van der Waals surface area contributed by atoms with Gasteiger partial charge >= 0.3 is 0 Å². The Balaban J connectivity index is 1.73. The van der Waals surface area contributed by atoms with E-state index < -0.39 is 0 Å². The van der Waals surface area contributed by atoms with Gasteiger partial charge < -0.3 is 10.1 Å². The molecule has 1 atom stereocenters. The maximum absolute atomic E-state index is 5.64. The molecule has 1 aliphatic carbocycles. The highest BCUT2D eigenvalue weighted by Crippen LogP contribution is 2.36. The zero-order valence-electron chi connectivity index (χ0n) is 11.6. The molecule has 1 aromatic carbocycles. The van der Waals surface area contributed by atoms with Crippen LogP contribution in [0.2, 0.25) is 0 Å². The Morgan fingerprint density at radius 1 is 1.39 bits per heavy atom. The molecule has 0 spiro atoms. The number of nitrogens with one attached hydrogen (secondary N) is 1. The topological polar surface area (TPSA) is 21.3 Å². The summed E-state index contributed by atoms with van der Waals surface area (Å²) in [6.45, 7) is 7.36. The Kier molecular flexibility index (Phi) is 5.06. The summed E-state index contributed by atoms with van der Waals surface area (Å²) >= 11 is 0. The van der Waals surface area contributed by atoms with Crippen LogP contribution in [-0.4, -0.2) is 13.2 Å². The van der Waals surface area contributed by atoms with Gasteiger partial charge in [0.1, 0.15) is 5.75 Å². The summed E-state index contributed by atoms with van der Waals surface area (Å²) in [5.41, 5.74) is 1.31. The molecular formula is C16H25NO. The van der Waals surface area contributed by atoms with Gasteiger partial charge in [-0.05, 0) is 55.3 Å². The Morgan fingerprint density at radius 3 is 2.94 bits per heavy atom. The van der Waals surface area contributed by atoms with Gasteiger partial charge in [-0.15, -0.1) is 0 Å². The van der Waals surface area contributed by atoms with Crippen molar-refractivity contribution in [2.45, 2.75) is 39.7 Å². The molecule has 0 amide bonds. The minimum Gasteiger partial charge on any atom is -0.494 e. The van der Waals surface area contributed by atoms with Gasteiger partial charge in [0, 0.05) is 6.54 Å². The summed E-state index contributed by atoms with van der Waals surface area (Å²) < 4.78 is 5.64. The molecule has 1 saturated carbocycles. The smallest absolute Gasteiger partial charge is 0.119 e. The third-order valence-electron chi connectivity index (χ3n) is 3.59. The highest BCUT2D eigenvalue weighted by atomic mass is 16.5. The van der Waals surface area contributed by atoms with Crippen LogP contribution in [0.3, 0.4) is 0 Å². The van der Waals surface area contributed by atoms with Crippen LogP contribution in [0.5, 0.6) is 5.75 Å². The molecule has 2 heteroatoms. The molecule has 1 N–H and O–H groups in total. The van der Waals surface area contributed by atoms with Crippen LogP contribution in [0.15, 0.2) is 24.3 Å². The first-order chi connectivity index (χ1) is 8.79. The van der Waals surface area contributed by atoms with E-state index in [1.807, 2.05) is 6.07 Å². The maximum atomic E-state index is 5.64. The first-order valence-corrected chi connectivity index (χ1v) is 7.22. The van der Waals surface area contributed by atoms with Crippen molar-refractivity contribution >= 4 is 0 Å². The monoisotopic (exact) mass is 247 g/mol. The van der Waals surface area contributed by atoms with Crippen LogP contribution in [0.1, 0.15) is 38.7 Å². The van der Waals surface area contributed by atoms with Crippen molar-refractivity contribution in [1.29, 1.82) is 0 Å². The molecular weight excluding hydrogens is 222 g/mol. The Morgan fingerprint density at radius 2 is 2.22 bits per heavy atom. The molecule has 0 radical (unpaired) electrons. The molecule has 1 fully saturated rings. The van der Waals surface area contributed by atoms with E-state index in [1.165, 1.54) is 18.4 Å². The molecule has 0 heterocycles. The lowest BCUT2D eigenvalue weighted by Gasteiger charge is -2.12. The minimum atomic E-state index is 0.801. The van der Waals surface area contributed by atoms with E-state index in [1.54, 1.807) is 0 Å². The summed E-state index contributed by atoms with van der Waals surface area (Å²) in [4.78, 5) is 0. The molecule has 1 aromatic rings. The maximum Gasteiger partial charge on any atom is 0.119 e. The standard InChI is InChI=1S/C16H25NO/c1-3-9-18-16-6-4-5-14(10-16)12-17-11-13(2)15-7-8-15/h4-6,10,13,15,17H,3,7-9,11-12H2,1-2H3. The van der Waals surface area contributed by atoms with Gasteiger partial charge in [-0.2, -0.15) is 0 Å². The van der Waals surface area contributed by atoms with Gasteiger partial charge in [0.25, 0.3) is 0 Å². The molecule has 1 unspecified atom stereocenters.